The number of benzene rings is 3. The molecule has 0 aliphatic rings. The second-order valence-electron chi connectivity index (χ2n) is 9.87. The molecule has 10 nitrogen and oxygen atoms in total. The van der Waals surface area contributed by atoms with E-state index in [0.29, 0.717) is 17.4 Å². The lowest BCUT2D eigenvalue weighted by Gasteiger charge is -2.25. The van der Waals surface area contributed by atoms with Crippen LogP contribution in [0.1, 0.15) is 39.7 Å². The molecule has 0 fully saturated rings. The van der Waals surface area contributed by atoms with Gasteiger partial charge in [-0.3, -0.25) is 15.0 Å². The van der Waals surface area contributed by atoms with Crippen molar-refractivity contribution < 1.29 is 24.5 Å². The van der Waals surface area contributed by atoms with Crippen molar-refractivity contribution in [2.45, 2.75) is 56.8 Å². The second-order valence-corrected chi connectivity index (χ2v) is 11.6. The zero-order chi connectivity index (χ0) is 28.7. The largest absolute Gasteiger partial charge is 0.391 e. The van der Waals surface area contributed by atoms with Crippen LogP contribution in [0.25, 0.3) is 10.8 Å². The summed E-state index contributed by atoms with van der Waals surface area (Å²) in [6.07, 6.45) is -1.08. The quantitative estimate of drug-likeness (QED) is 0.148. The van der Waals surface area contributed by atoms with Gasteiger partial charge in [0.25, 0.3) is 0 Å². The van der Waals surface area contributed by atoms with E-state index in [0.717, 1.165) is 10.9 Å². The topological polar surface area (TPSA) is 174 Å². The molecular formula is C28H37N5O5S. The number of sulfonamides is 1. The first-order chi connectivity index (χ1) is 18.4. The molecule has 0 aromatic heterocycles. The van der Waals surface area contributed by atoms with Gasteiger partial charge in [0.1, 0.15) is 17.9 Å². The van der Waals surface area contributed by atoms with Crippen molar-refractivity contribution in [3.8, 4) is 0 Å². The van der Waals surface area contributed by atoms with Crippen LogP contribution in [-0.2, 0) is 26.2 Å². The smallest absolute Gasteiger partial charge is 0.242 e. The molecule has 2 unspecified atom stereocenters. The number of aliphatic hydroxyl groups is 1. The molecule has 11 heteroatoms. The van der Waals surface area contributed by atoms with Gasteiger partial charge in [0.05, 0.1) is 11.0 Å². The molecule has 3 aromatic carbocycles. The van der Waals surface area contributed by atoms with E-state index in [2.05, 4.69) is 15.4 Å². The van der Waals surface area contributed by atoms with E-state index in [1.165, 1.54) is 19.1 Å². The van der Waals surface area contributed by atoms with Crippen molar-refractivity contribution in [2.24, 2.45) is 11.7 Å². The molecule has 3 aromatic rings. The van der Waals surface area contributed by atoms with Gasteiger partial charge in [-0.2, -0.15) is 4.72 Å². The Balaban J connectivity index is 0.00000560. The molecule has 3 atom stereocenters. The molecule has 2 amide bonds. The zero-order valence-electron chi connectivity index (χ0n) is 22.1. The standard InChI is InChI=1S/C28H35N5O5S.H2/c1-17(2)14-24(27(35)31-16-19-8-10-21(11-9-19)26(29)30)32-28(36)25(18(3)34)33-39(37,38)23-13-12-20-6-4-5-7-22(20)15-23;/h4-13,15,17-18,24-25,33-34H,14,16H2,1-3H3,(H3,29,30)(H,31,35)(H,32,36);1H/t18?,24?,25-;/m1./s1. The van der Waals surface area contributed by atoms with Gasteiger partial charge in [-0.05, 0) is 47.7 Å². The predicted octanol–water partition coefficient (Wildman–Crippen LogP) is 2.24. The first kappa shape index (κ1) is 29.8. The summed E-state index contributed by atoms with van der Waals surface area (Å²) >= 11 is 0. The molecule has 0 bridgehead atoms. The van der Waals surface area contributed by atoms with E-state index in [-0.39, 0.29) is 24.6 Å². The average Bonchev–Trinajstić information content (AvgIpc) is 2.89. The molecule has 0 aliphatic carbocycles. The van der Waals surface area contributed by atoms with Crippen molar-refractivity contribution in [2.75, 3.05) is 0 Å². The van der Waals surface area contributed by atoms with E-state index >= 15 is 0 Å². The maximum Gasteiger partial charge on any atom is 0.242 e. The maximum absolute atomic E-state index is 13.2. The minimum atomic E-state index is -4.17. The minimum absolute atomic E-state index is 0. The number of amidine groups is 1. The number of carbonyl (C=O) groups excluding carboxylic acids is 2. The third kappa shape index (κ3) is 8.09. The molecule has 7 N–H and O–H groups in total. The van der Waals surface area contributed by atoms with Gasteiger partial charge < -0.3 is 21.5 Å². The van der Waals surface area contributed by atoms with Crippen LogP contribution in [0.3, 0.4) is 0 Å². The summed E-state index contributed by atoms with van der Waals surface area (Å²) in [5, 5.41) is 24.7. The van der Waals surface area contributed by atoms with Gasteiger partial charge in [-0.1, -0.05) is 68.4 Å². The van der Waals surface area contributed by atoms with E-state index < -0.39 is 40.0 Å². The number of nitrogens with two attached hydrogens (primary N) is 1. The first-order valence-electron chi connectivity index (χ1n) is 12.6. The van der Waals surface area contributed by atoms with Gasteiger partial charge in [-0.25, -0.2) is 8.42 Å². The summed E-state index contributed by atoms with van der Waals surface area (Å²) < 4.78 is 28.5. The molecule has 0 aliphatic heterocycles. The highest BCUT2D eigenvalue weighted by atomic mass is 32.2. The Kier molecular flexibility index (Phi) is 9.79. The molecule has 0 spiro atoms. The summed E-state index contributed by atoms with van der Waals surface area (Å²) in [7, 11) is -4.17. The van der Waals surface area contributed by atoms with Crippen LogP contribution in [0.2, 0.25) is 0 Å². The lowest BCUT2D eigenvalue weighted by atomic mass is 10.0. The molecular weight excluding hydrogens is 518 g/mol. The third-order valence-electron chi connectivity index (χ3n) is 6.15. The highest BCUT2D eigenvalue weighted by molar-refractivity contribution is 7.89. The predicted molar refractivity (Wildman–Crippen MR) is 153 cm³/mol. The number of aliphatic hydroxyl groups excluding tert-OH is 1. The lowest BCUT2D eigenvalue weighted by molar-refractivity contribution is -0.131. The van der Waals surface area contributed by atoms with Crippen LogP contribution in [-0.4, -0.2) is 49.4 Å². The van der Waals surface area contributed by atoms with E-state index in [1.54, 1.807) is 42.5 Å². The number of carbonyl (C=O) groups is 2. The molecule has 3 rings (SSSR count). The van der Waals surface area contributed by atoms with E-state index in [4.69, 9.17) is 11.1 Å². The van der Waals surface area contributed by atoms with Crippen LogP contribution in [0.5, 0.6) is 0 Å². The number of hydrogen-bond acceptors (Lipinski definition) is 6. The van der Waals surface area contributed by atoms with Crippen molar-refractivity contribution >= 4 is 38.4 Å². The van der Waals surface area contributed by atoms with Crippen molar-refractivity contribution in [1.29, 1.82) is 5.41 Å². The van der Waals surface area contributed by atoms with Crippen LogP contribution >= 0.6 is 0 Å². The van der Waals surface area contributed by atoms with Crippen LogP contribution in [0.4, 0.5) is 0 Å². The Morgan fingerprint density at radius 2 is 1.62 bits per heavy atom. The molecule has 0 saturated heterocycles. The SMILES string of the molecule is CC(C)CC(NC(=O)[C@H](NS(=O)(=O)c1ccc2ccccc2c1)C(C)O)C(=O)NCc1ccc(C(=N)N)cc1.[HH]. The molecule has 210 valence electrons. The normalized spacial score (nSPS) is 14.0. The van der Waals surface area contributed by atoms with Crippen LogP contribution < -0.4 is 21.1 Å². The summed E-state index contributed by atoms with van der Waals surface area (Å²) in [6.45, 7) is 5.26. The number of amides is 2. The Bertz CT molecular complexity index is 1440. The van der Waals surface area contributed by atoms with Gasteiger partial charge in [0, 0.05) is 13.5 Å². The monoisotopic (exact) mass is 555 g/mol. The molecule has 39 heavy (non-hydrogen) atoms. The number of fused-ring (bicyclic) bond motifs is 1. The van der Waals surface area contributed by atoms with Gasteiger partial charge in [0.15, 0.2) is 0 Å². The Morgan fingerprint density at radius 3 is 2.21 bits per heavy atom. The highest BCUT2D eigenvalue weighted by Gasteiger charge is 2.32. The molecule has 0 radical (unpaired) electrons. The fourth-order valence-corrected chi connectivity index (χ4v) is 5.32. The van der Waals surface area contributed by atoms with Crippen LogP contribution in [0.15, 0.2) is 71.6 Å². The molecule has 0 heterocycles. The summed E-state index contributed by atoms with van der Waals surface area (Å²) in [5.74, 6) is -1.29. The second kappa shape index (κ2) is 12.8. The Labute approximate surface area is 230 Å². The van der Waals surface area contributed by atoms with Crippen molar-refractivity contribution in [3.05, 3.63) is 77.9 Å². The fraction of sp³-hybridized carbons (Fsp3) is 0.321. The lowest BCUT2D eigenvalue weighted by Crippen LogP contribution is -2.57. The van der Waals surface area contributed by atoms with E-state index in [9.17, 15) is 23.1 Å². The fourth-order valence-electron chi connectivity index (χ4n) is 4.02. The minimum Gasteiger partial charge on any atom is -0.391 e. The average molecular weight is 556 g/mol. The van der Waals surface area contributed by atoms with Crippen molar-refractivity contribution in [1.82, 2.24) is 15.4 Å². The van der Waals surface area contributed by atoms with Crippen LogP contribution in [0, 0.1) is 11.3 Å². The third-order valence-corrected chi connectivity index (χ3v) is 7.59. The first-order valence-corrected chi connectivity index (χ1v) is 14.1. The highest BCUT2D eigenvalue weighted by Crippen LogP contribution is 2.19. The van der Waals surface area contributed by atoms with Gasteiger partial charge in [0.2, 0.25) is 21.8 Å². The number of rotatable bonds is 12. The van der Waals surface area contributed by atoms with Crippen molar-refractivity contribution in [3.63, 3.8) is 0 Å². The van der Waals surface area contributed by atoms with Gasteiger partial charge >= 0.3 is 0 Å². The molecule has 0 saturated carbocycles. The number of nitrogen functional groups attached to an aromatic ring is 1. The summed E-state index contributed by atoms with van der Waals surface area (Å²) in [5.41, 5.74) is 6.80. The zero-order valence-corrected chi connectivity index (χ0v) is 23.0. The Morgan fingerprint density at radius 1 is 0.974 bits per heavy atom. The number of nitrogens with one attached hydrogen (secondary N) is 4. The number of hydrogen-bond donors (Lipinski definition) is 6. The maximum atomic E-state index is 13.2. The Hall–Kier alpha value is -3.80. The summed E-state index contributed by atoms with van der Waals surface area (Å²) in [4.78, 5) is 26.1. The van der Waals surface area contributed by atoms with Gasteiger partial charge in [-0.15, -0.1) is 0 Å². The van der Waals surface area contributed by atoms with E-state index in [1.807, 2.05) is 26.0 Å². The summed E-state index contributed by atoms with van der Waals surface area (Å²) in [6, 6.07) is 16.2.